The second-order valence-corrected chi connectivity index (χ2v) is 4.81. The Labute approximate surface area is 142 Å². The lowest BCUT2D eigenvalue weighted by atomic mass is 10.1. The Morgan fingerprint density at radius 1 is 1.26 bits per heavy atom. The summed E-state index contributed by atoms with van der Waals surface area (Å²) in [5.41, 5.74) is 6.10. The molecule has 0 aliphatic heterocycles. The quantitative estimate of drug-likeness (QED) is 0.285. The number of nitro benzene ring substituents is 1. The lowest BCUT2D eigenvalue weighted by Crippen LogP contribution is -3.00. The highest BCUT2D eigenvalue weighted by molar-refractivity contribution is 5.96. The average molecular weight is 380 g/mol. The minimum atomic E-state index is -0.590. The van der Waals surface area contributed by atoms with Crippen molar-refractivity contribution in [3.05, 3.63) is 69.5 Å². The number of rotatable bonds is 5. The summed E-state index contributed by atoms with van der Waals surface area (Å²) in [4.78, 5) is 33.7. The summed E-state index contributed by atoms with van der Waals surface area (Å²) in [7, 11) is 0. The van der Waals surface area contributed by atoms with Crippen LogP contribution >= 0.6 is 0 Å². The molecular formula is C15H14BrN3O4. The number of nitro groups is 1. The zero-order valence-electron chi connectivity index (χ0n) is 12.2. The molecule has 0 aliphatic carbocycles. The summed E-state index contributed by atoms with van der Waals surface area (Å²) < 4.78 is 1.51. The molecule has 2 aromatic rings. The molecule has 1 amide bonds. The highest BCUT2D eigenvalue weighted by Gasteiger charge is 2.18. The molecule has 1 aromatic carbocycles. The van der Waals surface area contributed by atoms with Crippen molar-refractivity contribution in [3.63, 3.8) is 0 Å². The fraction of sp³-hybridized carbons (Fsp3) is 0.133. The number of nitrogens with zero attached hydrogens (tertiary/aromatic N) is 2. The molecule has 0 radical (unpaired) electrons. The molecule has 0 saturated carbocycles. The summed E-state index contributed by atoms with van der Waals surface area (Å²) in [5, 5.41) is 10.9. The molecule has 7 nitrogen and oxygen atoms in total. The van der Waals surface area contributed by atoms with E-state index in [0.717, 1.165) is 0 Å². The third-order valence-electron chi connectivity index (χ3n) is 3.20. The number of Topliss-reactive ketones (excluding diaryl/α,β-unsaturated/α-hetero) is 1. The minimum absolute atomic E-state index is 0. The van der Waals surface area contributed by atoms with Gasteiger partial charge in [0.05, 0.1) is 4.92 Å². The molecule has 0 bridgehead atoms. The summed E-state index contributed by atoms with van der Waals surface area (Å²) in [6.45, 7) is 1.57. The number of amides is 1. The Bertz CT molecular complexity index is 777. The van der Waals surface area contributed by atoms with Crippen molar-refractivity contribution in [3.8, 4) is 0 Å². The molecule has 2 rings (SSSR count). The van der Waals surface area contributed by atoms with Crippen molar-refractivity contribution >= 4 is 17.4 Å². The predicted octanol–water partition coefficient (Wildman–Crippen LogP) is -1.82. The monoisotopic (exact) mass is 379 g/mol. The van der Waals surface area contributed by atoms with Gasteiger partial charge in [-0.1, -0.05) is 12.1 Å². The van der Waals surface area contributed by atoms with Crippen molar-refractivity contribution in [2.24, 2.45) is 5.73 Å². The molecule has 0 spiro atoms. The van der Waals surface area contributed by atoms with E-state index in [1.165, 1.54) is 22.9 Å². The number of hydrogen-bond acceptors (Lipinski definition) is 4. The molecule has 2 N–H and O–H groups in total. The van der Waals surface area contributed by atoms with Gasteiger partial charge in [0.2, 0.25) is 12.3 Å². The number of halogens is 1. The number of pyridine rings is 1. The van der Waals surface area contributed by atoms with E-state index in [2.05, 4.69) is 0 Å². The van der Waals surface area contributed by atoms with Gasteiger partial charge in [-0.15, -0.1) is 0 Å². The maximum Gasteiger partial charge on any atom is 0.273 e. The summed E-state index contributed by atoms with van der Waals surface area (Å²) >= 11 is 0. The lowest BCUT2D eigenvalue weighted by Gasteiger charge is -2.01. The fourth-order valence-electron chi connectivity index (χ4n) is 2.00. The van der Waals surface area contributed by atoms with Crippen molar-refractivity contribution in [1.29, 1.82) is 0 Å². The highest BCUT2D eigenvalue weighted by Crippen LogP contribution is 2.19. The van der Waals surface area contributed by atoms with Crippen LogP contribution in [-0.4, -0.2) is 16.6 Å². The first kappa shape index (κ1) is 18.4. The molecule has 0 atom stereocenters. The van der Waals surface area contributed by atoms with E-state index < -0.39 is 10.8 Å². The Hall–Kier alpha value is -2.61. The molecule has 0 aliphatic rings. The number of nitrogens with two attached hydrogens (primary N) is 1. The predicted molar refractivity (Wildman–Crippen MR) is 77.3 cm³/mol. The first-order chi connectivity index (χ1) is 10.4. The third kappa shape index (κ3) is 4.43. The number of ketones is 1. The van der Waals surface area contributed by atoms with Crippen LogP contribution in [0.15, 0.2) is 42.7 Å². The fourth-order valence-corrected chi connectivity index (χ4v) is 2.00. The molecule has 0 unspecified atom stereocenters. The number of hydrogen-bond donors (Lipinski definition) is 1. The van der Waals surface area contributed by atoms with Crippen LogP contribution in [0.4, 0.5) is 5.69 Å². The maximum absolute atomic E-state index is 12.2. The van der Waals surface area contributed by atoms with E-state index in [1.807, 2.05) is 0 Å². The highest BCUT2D eigenvalue weighted by atomic mass is 79.9. The summed E-state index contributed by atoms with van der Waals surface area (Å²) in [5.74, 6) is -0.887. The standard InChI is InChI=1S/C15H13N3O4.BrH/c1-10-4-5-11(7-13(10)18(21)22)14(19)9-17-6-2-3-12(8-17)15(16)20;/h2-8H,9H2,1H3,(H-,16,20);1H. The molecule has 23 heavy (non-hydrogen) atoms. The van der Waals surface area contributed by atoms with E-state index in [4.69, 9.17) is 5.73 Å². The van der Waals surface area contributed by atoms with Gasteiger partial charge in [0, 0.05) is 23.3 Å². The Balaban J connectivity index is 0.00000264. The van der Waals surface area contributed by atoms with Gasteiger partial charge in [-0.25, -0.2) is 0 Å². The number of aryl methyl sites for hydroxylation is 1. The molecule has 120 valence electrons. The van der Waals surface area contributed by atoms with Crippen LogP contribution in [0.3, 0.4) is 0 Å². The van der Waals surface area contributed by atoms with Crippen LogP contribution < -0.4 is 27.3 Å². The van der Waals surface area contributed by atoms with Crippen LogP contribution in [0.1, 0.15) is 26.3 Å². The Morgan fingerprint density at radius 2 is 1.96 bits per heavy atom. The van der Waals surface area contributed by atoms with Gasteiger partial charge in [-0.05, 0) is 13.0 Å². The number of aromatic nitrogens is 1. The first-order valence-corrected chi connectivity index (χ1v) is 6.45. The topological polar surface area (TPSA) is 107 Å². The van der Waals surface area contributed by atoms with Crippen molar-refractivity contribution < 1.29 is 36.1 Å². The second-order valence-electron chi connectivity index (χ2n) is 4.81. The molecule has 8 heteroatoms. The van der Waals surface area contributed by atoms with Gasteiger partial charge in [0.15, 0.2) is 12.4 Å². The van der Waals surface area contributed by atoms with E-state index >= 15 is 0 Å². The van der Waals surface area contributed by atoms with E-state index in [-0.39, 0.29) is 46.1 Å². The van der Waals surface area contributed by atoms with Crippen LogP contribution in [0.25, 0.3) is 0 Å². The zero-order valence-corrected chi connectivity index (χ0v) is 13.8. The normalized spacial score (nSPS) is 9.78. The second kappa shape index (κ2) is 7.59. The zero-order chi connectivity index (χ0) is 16.3. The third-order valence-corrected chi connectivity index (χ3v) is 3.20. The van der Waals surface area contributed by atoms with E-state index in [1.54, 1.807) is 31.3 Å². The molecular weight excluding hydrogens is 366 g/mol. The van der Waals surface area contributed by atoms with Gasteiger partial charge in [0.1, 0.15) is 5.56 Å². The lowest BCUT2D eigenvalue weighted by molar-refractivity contribution is -0.683. The number of carbonyl (C=O) groups is 2. The molecule has 1 heterocycles. The largest absolute Gasteiger partial charge is 1.00 e. The van der Waals surface area contributed by atoms with Crippen LogP contribution in [0.5, 0.6) is 0 Å². The van der Waals surface area contributed by atoms with E-state index in [0.29, 0.717) is 5.56 Å². The number of carbonyl (C=O) groups excluding carboxylic acids is 2. The Morgan fingerprint density at radius 3 is 2.57 bits per heavy atom. The molecule has 1 aromatic heterocycles. The van der Waals surface area contributed by atoms with Gasteiger partial charge in [-0.3, -0.25) is 19.7 Å². The van der Waals surface area contributed by atoms with Gasteiger partial charge in [0.25, 0.3) is 11.6 Å². The Kier molecular flexibility index (Phi) is 6.09. The molecule has 0 fully saturated rings. The minimum Gasteiger partial charge on any atom is -1.00 e. The van der Waals surface area contributed by atoms with Gasteiger partial charge >= 0.3 is 0 Å². The number of benzene rings is 1. The maximum atomic E-state index is 12.2. The van der Waals surface area contributed by atoms with Gasteiger partial charge < -0.3 is 22.7 Å². The van der Waals surface area contributed by atoms with Crippen LogP contribution in [0, 0.1) is 17.0 Å². The SMILES string of the molecule is Cc1ccc(C(=O)C[n+]2cccc(C(N)=O)c2)cc1[N+](=O)[O-].[Br-]. The average Bonchev–Trinajstić information content (AvgIpc) is 2.47. The molecule has 0 saturated heterocycles. The van der Waals surface area contributed by atoms with Gasteiger partial charge in [-0.2, -0.15) is 4.57 Å². The summed E-state index contributed by atoms with van der Waals surface area (Å²) in [6.07, 6.45) is 3.08. The van der Waals surface area contributed by atoms with Crippen molar-refractivity contribution in [2.45, 2.75) is 13.5 Å². The summed E-state index contributed by atoms with van der Waals surface area (Å²) in [6, 6.07) is 7.49. The van der Waals surface area contributed by atoms with E-state index in [9.17, 15) is 19.7 Å². The smallest absolute Gasteiger partial charge is 0.273 e. The van der Waals surface area contributed by atoms with Crippen molar-refractivity contribution in [2.75, 3.05) is 0 Å². The van der Waals surface area contributed by atoms with Crippen molar-refractivity contribution in [1.82, 2.24) is 0 Å². The van der Waals surface area contributed by atoms with Crippen LogP contribution in [0.2, 0.25) is 0 Å². The number of primary amides is 1. The van der Waals surface area contributed by atoms with Crippen LogP contribution in [-0.2, 0) is 6.54 Å². The first-order valence-electron chi connectivity index (χ1n) is 6.45.